The van der Waals surface area contributed by atoms with Crippen LogP contribution in [0.15, 0.2) is 83.4 Å². The summed E-state index contributed by atoms with van der Waals surface area (Å²) in [6.07, 6.45) is 0. The van der Waals surface area contributed by atoms with E-state index in [4.69, 9.17) is 20.9 Å². The summed E-state index contributed by atoms with van der Waals surface area (Å²) >= 11 is 5.99. The van der Waals surface area contributed by atoms with Gasteiger partial charge in [-0.1, -0.05) is 71.4 Å². The lowest BCUT2D eigenvalue weighted by Gasteiger charge is -2.08. The lowest BCUT2D eigenvalue weighted by Crippen LogP contribution is -2.23. The van der Waals surface area contributed by atoms with Gasteiger partial charge in [-0.05, 0) is 29.3 Å². The number of ether oxygens (including phenoxy) is 1. The van der Waals surface area contributed by atoms with Gasteiger partial charge in [0.25, 0.3) is 5.91 Å². The molecule has 3 aromatic carbocycles. The fraction of sp³-hybridized carbons (Fsp3) is 0.0833. The van der Waals surface area contributed by atoms with Crippen LogP contribution in [0.2, 0.25) is 5.02 Å². The van der Waals surface area contributed by atoms with Crippen molar-refractivity contribution < 1.29 is 14.1 Å². The van der Waals surface area contributed by atoms with Gasteiger partial charge in [-0.3, -0.25) is 4.79 Å². The molecule has 1 aromatic heterocycles. The third-order valence-electron chi connectivity index (χ3n) is 4.67. The molecule has 0 atom stereocenters. The van der Waals surface area contributed by atoms with Gasteiger partial charge in [0, 0.05) is 16.7 Å². The smallest absolute Gasteiger partial charge is 0.255 e. The molecule has 5 nitrogen and oxygen atoms in total. The number of rotatable bonds is 6. The van der Waals surface area contributed by atoms with Crippen molar-refractivity contribution >= 4 is 17.5 Å². The summed E-state index contributed by atoms with van der Waals surface area (Å²) in [5.41, 5.74) is 4.18. The van der Waals surface area contributed by atoms with E-state index in [2.05, 4.69) is 22.6 Å². The zero-order chi connectivity index (χ0) is 20.9. The Morgan fingerprint density at radius 3 is 2.40 bits per heavy atom. The molecule has 0 aliphatic heterocycles. The van der Waals surface area contributed by atoms with E-state index in [9.17, 15) is 4.79 Å². The minimum atomic E-state index is -0.300. The van der Waals surface area contributed by atoms with Crippen LogP contribution >= 0.6 is 11.6 Å². The predicted octanol–water partition coefficient (Wildman–Crippen LogP) is 5.60. The molecule has 1 amide bonds. The molecule has 4 rings (SSSR count). The molecule has 0 saturated heterocycles. The van der Waals surface area contributed by atoms with Crippen LogP contribution in [0, 0.1) is 0 Å². The third-order valence-corrected chi connectivity index (χ3v) is 4.91. The molecule has 6 heteroatoms. The standard InChI is InChI=1S/C24H19ClN2O3/c1-29-22-12-11-19(25)13-21(22)24(28)26-15-20-14-23(30-27-20)18-9-7-17(8-10-18)16-5-3-2-4-6-16/h2-14H,15H2,1H3,(H,26,28). The van der Waals surface area contributed by atoms with Gasteiger partial charge in [0.15, 0.2) is 5.76 Å². The Hall–Kier alpha value is -3.57. The summed E-state index contributed by atoms with van der Waals surface area (Å²) in [6.45, 7) is 0.222. The number of amides is 1. The first-order valence-electron chi connectivity index (χ1n) is 9.37. The van der Waals surface area contributed by atoms with E-state index in [1.54, 1.807) is 18.2 Å². The average molecular weight is 419 g/mol. The molecule has 4 aromatic rings. The highest BCUT2D eigenvalue weighted by atomic mass is 35.5. The van der Waals surface area contributed by atoms with Crippen LogP contribution in [0.1, 0.15) is 16.1 Å². The second kappa shape index (κ2) is 8.84. The van der Waals surface area contributed by atoms with Crippen molar-refractivity contribution in [3.8, 4) is 28.2 Å². The first kappa shape index (κ1) is 19.7. The van der Waals surface area contributed by atoms with E-state index in [0.717, 1.165) is 16.7 Å². The number of nitrogens with zero attached hydrogens (tertiary/aromatic N) is 1. The van der Waals surface area contributed by atoms with Gasteiger partial charge < -0.3 is 14.6 Å². The highest BCUT2D eigenvalue weighted by molar-refractivity contribution is 6.31. The van der Waals surface area contributed by atoms with Crippen LogP contribution in [-0.2, 0) is 6.54 Å². The lowest BCUT2D eigenvalue weighted by atomic mass is 10.0. The largest absolute Gasteiger partial charge is 0.496 e. The van der Waals surface area contributed by atoms with E-state index in [-0.39, 0.29) is 12.5 Å². The molecule has 0 fully saturated rings. The molecule has 1 N–H and O–H groups in total. The molecule has 0 aliphatic carbocycles. The summed E-state index contributed by atoms with van der Waals surface area (Å²) in [6, 6.07) is 24.9. The van der Waals surface area contributed by atoms with Crippen LogP contribution in [-0.4, -0.2) is 18.2 Å². The molecule has 0 aliphatic rings. The Kier molecular flexibility index (Phi) is 5.82. The van der Waals surface area contributed by atoms with Crippen molar-refractivity contribution in [2.45, 2.75) is 6.54 Å². The van der Waals surface area contributed by atoms with Crippen LogP contribution in [0.4, 0.5) is 0 Å². The van der Waals surface area contributed by atoms with Crippen LogP contribution < -0.4 is 10.1 Å². The summed E-state index contributed by atoms with van der Waals surface area (Å²) in [5.74, 6) is 0.793. The zero-order valence-electron chi connectivity index (χ0n) is 16.3. The van der Waals surface area contributed by atoms with Crippen molar-refractivity contribution in [1.29, 1.82) is 0 Å². The van der Waals surface area contributed by atoms with Crippen molar-refractivity contribution in [3.05, 3.63) is 95.1 Å². The maximum Gasteiger partial charge on any atom is 0.255 e. The average Bonchev–Trinajstić information content (AvgIpc) is 3.27. The van der Waals surface area contributed by atoms with Gasteiger partial charge in [0.2, 0.25) is 0 Å². The van der Waals surface area contributed by atoms with Crippen molar-refractivity contribution in [2.24, 2.45) is 0 Å². The van der Waals surface area contributed by atoms with Gasteiger partial charge in [-0.15, -0.1) is 0 Å². The number of methoxy groups -OCH3 is 1. The molecular formula is C24H19ClN2O3. The molecule has 30 heavy (non-hydrogen) atoms. The molecule has 150 valence electrons. The quantitative estimate of drug-likeness (QED) is 0.442. The molecule has 0 saturated carbocycles. The molecule has 0 spiro atoms. The topological polar surface area (TPSA) is 64.4 Å². The normalized spacial score (nSPS) is 10.6. The van der Waals surface area contributed by atoms with E-state index in [0.29, 0.717) is 27.8 Å². The second-order valence-electron chi connectivity index (χ2n) is 6.65. The van der Waals surface area contributed by atoms with E-state index < -0.39 is 0 Å². The Balaban J connectivity index is 1.43. The first-order valence-corrected chi connectivity index (χ1v) is 9.75. The van der Waals surface area contributed by atoms with Crippen molar-refractivity contribution in [3.63, 3.8) is 0 Å². The maximum absolute atomic E-state index is 12.5. The number of carbonyl (C=O) groups is 1. The fourth-order valence-electron chi connectivity index (χ4n) is 3.11. The number of nitrogens with one attached hydrogen (secondary N) is 1. The van der Waals surface area contributed by atoms with E-state index >= 15 is 0 Å². The predicted molar refractivity (Wildman–Crippen MR) is 117 cm³/mol. The SMILES string of the molecule is COc1ccc(Cl)cc1C(=O)NCc1cc(-c2ccc(-c3ccccc3)cc2)on1. The minimum absolute atomic E-state index is 0.222. The zero-order valence-corrected chi connectivity index (χ0v) is 17.0. The Morgan fingerprint density at radius 1 is 0.967 bits per heavy atom. The molecule has 1 heterocycles. The van der Waals surface area contributed by atoms with Crippen molar-refractivity contribution in [1.82, 2.24) is 10.5 Å². The Labute approximate surface area is 179 Å². The van der Waals surface area contributed by atoms with Gasteiger partial charge in [-0.2, -0.15) is 0 Å². The van der Waals surface area contributed by atoms with Gasteiger partial charge in [-0.25, -0.2) is 0 Å². The summed E-state index contributed by atoms with van der Waals surface area (Å²) in [4.78, 5) is 12.5. The monoisotopic (exact) mass is 418 g/mol. The number of hydrogen-bond acceptors (Lipinski definition) is 4. The number of hydrogen-bond donors (Lipinski definition) is 1. The van der Waals surface area contributed by atoms with Gasteiger partial charge in [0.05, 0.1) is 19.2 Å². The number of carbonyl (C=O) groups excluding carboxylic acids is 1. The van der Waals surface area contributed by atoms with Gasteiger partial charge >= 0.3 is 0 Å². The Bertz CT molecular complexity index is 1150. The van der Waals surface area contributed by atoms with E-state index in [1.807, 2.05) is 48.5 Å². The van der Waals surface area contributed by atoms with Crippen LogP contribution in [0.25, 0.3) is 22.5 Å². The first-order chi connectivity index (χ1) is 14.6. The number of aromatic nitrogens is 1. The molecule has 0 radical (unpaired) electrons. The minimum Gasteiger partial charge on any atom is -0.496 e. The van der Waals surface area contributed by atoms with Crippen LogP contribution in [0.5, 0.6) is 5.75 Å². The highest BCUT2D eigenvalue weighted by Crippen LogP contribution is 2.26. The maximum atomic E-state index is 12.5. The summed E-state index contributed by atoms with van der Waals surface area (Å²) in [5, 5.41) is 7.33. The number of halogens is 1. The lowest BCUT2D eigenvalue weighted by molar-refractivity contribution is 0.0947. The van der Waals surface area contributed by atoms with Gasteiger partial charge in [0.1, 0.15) is 11.4 Å². The van der Waals surface area contributed by atoms with Crippen molar-refractivity contribution in [2.75, 3.05) is 7.11 Å². The third kappa shape index (κ3) is 4.36. The molecular weight excluding hydrogens is 400 g/mol. The molecule has 0 unspecified atom stereocenters. The molecule has 0 bridgehead atoms. The summed E-state index contributed by atoms with van der Waals surface area (Å²) in [7, 11) is 1.51. The van der Waals surface area contributed by atoms with E-state index in [1.165, 1.54) is 7.11 Å². The summed E-state index contributed by atoms with van der Waals surface area (Å²) < 4.78 is 10.7. The fourth-order valence-corrected chi connectivity index (χ4v) is 3.28. The second-order valence-corrected chi connectivity index (χ2v) is 7.09. The van der Waals surface area contributed by atoms with Crippen LogP contribution in [0.3, 0.4) is 0 Å². The number of benzene rings is 3. The highest BCUT2D eigenvalue weighted by Gasteiger charge is 2.14. The Morgan fingerprint density at radius 2 is 1.67 bits per heavy atom.